The lowest BCUT2D eigenvalue weighted by Gasteiger charge is -2.26. The highest BCUT2D eigenvalue weighted by atomic mass is 35.5. The van der Waals surface area contributed by atoms with E-state index in [2.05, 4.69) is 16.3 Å². The molecule has 4 rings (SSSR count). The van der Waals surface area contributed by atoms with Crippen molar-refractivity contribution in [3.63, 3.8) is 0 Å². The fraction of sp³-hybridized carbons (Fsp3) is 0.265. The Morgan fingerprint density at radius 3 is 2.40 bits per heavy atom. The zero-order chi connectivity index (χ0) is 34.5. The van der Waals surface area contributed by atoms with Crippen molar-refractivity contribution < 1.29 is 36.2 Å². The Kier molecular flexibility index (Phi) is 10.6. The Morgan fingerprint density at radius 2 is 1.79 bits per heavy atom. The van der Waals surface area contributed by atoms with Gasteiger partial charge in [-0.2, -0.15) is 14.0 Å². The van der Waals surface area contributed by atoms with Gasteiger partial charge in [0.15, 0.2) is 5.76 Å². The summed E-state index contributed by atoms with van der Waals surface area (Å²) in [5.74, 6) is -5.80. The molecule has 0 radical (unpaired) electrons. The molecule has 0 bridgehead atoms. The second-order valence-electron chi connectivity index (χ2n) is 10.7. The summed E-state index contributed by atoms with van der Waals surface area (Å²) in [6.07, 6.45) is -1.09. The van der Waals surface area contributed by atoms with Crippen molar-refractivity contribution >= 4 is 17.5 Å². The third kappa shape index (κ3) is 8.48. The molecule has 0 aliphatic carbocycles. The van der Waals surface area contributed by atoms with Gasteiger partial charge in [-0.3, -0.25) is 9.59 Å². The van der Waals surface area contributed by atoms with Crippen molar-refractivity contribution in [2.24, 2.45) is 0 Å². The van der Waals surface area contributed by atoms with Crippen LogP contribution in [0.5, 0.6) is 11.5 Å². The number of allylic oxidation sites excluding steroid dienone is 3. The van der Waals surface area contributed by atoms with E-state index in [0.717, 1.165) is 19.1 Å². The van der Waals surface area contributed by atoms with Crippen LogP contribution < -0.4 is 15.0 Å². The Morgan fingerprint density at radius 1 is 1.09 bits per heavy atom. The molecular formula is C34H29ClF5N3O4. The van der Waals surface area contributed by atoms with Crippen molar-refractivity contribution in [3.05, 3.63) is 116 Å². The standard InChI is InChI=1S/C34H29ClF5N3O4/c1-4-29-23(16-27(31(44)42-29)22-9-11-25(12-10-22)47-34(38,39)40)19-43-13-7-5-6-8-28(33(36,37)20(2)3)30(32(43)45)46-26-15-21(18-41)14-24(35)17-26/h7,9-17H,2,4-6,8,19H2,1,3H3,(H,42,44). The number of hydrogen-bond donors (Lipinski definition) is 1. The summed E-state index contributed by atoms with van der Waals surface area (Å²) in [7, 11) is 0. The number of aryl methyl sites for hydroxylation is 1. The number of alkyl halides is 5. The lowest BCUT2D eigenvalue weighted by Crippen LogP contribution is -2.34. The van der Waals surface area contributed by atoms with Crippen LogP contribution in [0, 0.1) is 11.3 Å². The van der Waals surface area contributed by atoms with Gasteiger partial charge in [0, 0.05) is 22.5 Å². The summed E-state index contributed by atoms with van der Waals surface area (Å²) < 4.78 is 79.1. The van der Waals surface area contributed by atoms with Crippen molar-refractivity contribution in [2.45, 2.75) is 58.4 Å². The van der Waals surface area contributed by atoms with E-state index in [1.807, 2.05) is 6.07 Å². The number of nitrogens with one attached hydrogen (secondary N) is 1. The van der Waals surface area contributed by atoms with Crippen LogP contribution in [0.1, 0.15) is 49.9 Å². The van der Waals surface area contributed by atoms with Gasteiger partial charge in [0.1, 0.15) is 11.5 Å². The van der Waals surface area contributed by atoms with Crippen LogP contribution in [0.4, 0.5) is 22.0 Å². The topological polar surface area (TPSA) is 95.4 Å². The third-order valence-corrected chi connectivity index (χ3v) is 7.47. The minimum atomic E-state index is -4.89. The predicted molar refractivity (Wildman–Crippen MR) is 166 cm³/mol. The Bertz CT molecular complexity index is 1840. The predicted octanol–water partition coefficient (Wildman–Crippen LogP) is 8.60. The minimum absolute atomic E-state index is 0.0833. The minimum Gasteiger partial charge on any atom is -0.451 e. The third-order valence-electron chi connectivity index (χ3n) is 7.26. The number of aromatic amines is 1. The molecule has 1 aliphatic heterocycles. The largest absolute Gasteiger partial charge is 0.573 e. The van der Waals surface area contributed by atoms with Gasteiger partial charge in [0.2, 0.25) is 0 Å². The highest BCUT2D eigenvalue weighted by Gasteiger charge is 2.41. The highest BCUT2D eigenvalue weighted by molar-refractivity contribution is 6.30. The number of rotatable bonds is 9. The van der Waals surface area contributed by atoms with Crippen molar-refractivity contribution in [1.29, 1.82) is 5.26 Å². The van der Waals surface area contributed by atoms with Gasteiger partial charge in [0.25, 0.3) is 17.4 Å². The van der Waals surface area contributed by atoms with E-state index in [4.69, 9.17) is 16.3 Å². The number of ether oxygens (including phenoxy) is 2. The van der Waals surface area contributed by atoms with Crippen LogP contribution >= 0.6 is 11.6 Å². The average molecular weight is 674 g/mol. The molecule has 3 aromatic rings. The first-order chi connectivity index (χ1) is 22.1. The Hall–Kier alpha value is -4.89. The summed E-state index contributed by atoms with van der Waals surface area (Å²) >= 11 is 6.13. The summed E-state index contributed by atoms with van der Waals surface area (Å²) in [5.41, 5.74) is -0.279. The SMILES string of the molecule is C=C(C)C(F)(F)C1=C(Oc2cc(Cl)cc(C#N)c2)C(=O)N(Cc2cc(-c3ccc(OC(F)(F)F)cc3)c(=O)[nH]c2CC)C=CCCC1. The molecule has 2 heterocycles. The van der Waals surface area contributed by atoms with Crippen LogP contribution in [0.25, 0.3) is 11.1 Å². The van der Waals surface area contributed by atoms with E-state index in [9.17, 15) is 28.0 Å². The molecule has 1 aliphatic rings. The molecule has 1 amide bonds. The number of benzene rings is 2. The zero-order valence-corrected chi connectivity index (χ0v) is 26.1. The molecule has 246 valence electrons. The van der Waals surface area contributed by atoms with E-state index in [1.54, 1.807) is 13.0 Å². The van der Waals surface area contributed by atoms with Gasteiger partial charge in [-0.05, 0) is 85.7 Å². The average Bonchev–Trinajstić information content (AvgIpc) is 3.07. The van der Waals surface area contributed by atoms with Crippen molar-refractivity contribution in [2.75, 3.05) is 0 Å². The molecule has 0 spiro atoms. The van der Waals surface area contributed by atoms with Gasteiger partial charge in [-0.1, -0.05) is 43.3 Å². The van der Waals surface area contributed by atoms with Crippen LogP contribution in [-0.4, -0.2) is 28.1 Å². The van der Waals surface area contributed by atoms with Crippen LogP contribution in [0.15, 0.2) is 89.1 Å². The molecule has 13 heteroatoms. The number of aromatic nitrogens is 1. The Labute approximate surface area is 272 Å². The molecule has 0 saturated carbocycles. The monoisotopic (exact) mass is 673 g/mol. The summed E-state index contributed by atoms with van der Waals surface area (Å²) in [6.45, 7) is 6.13. The molecule has 0 fully saturated rings. The molecule has 7 nitrogen and oxygen atoms in total. The number of halogens is 6. The summed E-state index contributed by atoms with van der Waals surface area (Å²) in [5, 5.41) is 9.48. The van der Waals surface area contributed by atoms with E-state index >= 15 is 8.78 Å². The van der Waals surface area contributed by atoms with Crippen molar-refractivity contribution in [1.82, 2.24) is 9.88 Å². The molecule has 0 atom stereocenters. The first kappa shape index (κ1) is 35.0. The quantitative estimate of drug-likeness (QED) is 0.181. The Balaban J connectivity index is 1.81. The van der Waals surface area contributed by atoms with Crippen LogP contribution in [-0.2, 0) is 17.8 Å². The number of hydrogen-bond acceptors (Lipinski definition) is 5. The van der Waals surface area contributed by atoms with Crippen LogP contribution in [0.3, 0.4) is 0 Å². The number of nitriles is 1. The van der Waals surface area contributed by atoms with Crippen LogP contribution in [0.2, 0.25) is 5.02 Å². The zero-order valence-electron chi connectivity index (χ0n) is 25.3. The van der Waals surface area contributed by atoms with Gasteiger partial charge in [0.05, 0.1) is 23.8 Å². The maximum atomic E-state index is 15.7. The maximum absolute atomic E-state index is 15.7. The highest BCUT2D eigenvalue weighted by Crippen LogP contribution is 2.39. The molecule has 1 N–H and O–H groups in total. The van der Waals surface area contributed by atoms with Gasteiger partial charge < -0.3 is 19.4 Å². The molecular weight excluding hydrogens is 645 g/mol. The van der Waals surface area contributed by atoms with E-state index in [-0.39, 0.29) is 46.8 Å². The lowest BCUT2D eigenvalue weighted by molar-refractivity contribution is -0.274. The van der Waals surface area contributed by atoms with Crippen molar-refractivity contribution in [3.8, 4) is 28.7 Å². The second kappa shape index (κ2) is 14.3. The van der Waals surface area contributed by atoms with Gasteiger partial charge >= 0.3 is 6.36 Å². The van der Waals surface area contributed by atoms with Gasteiger partial charge in [-0.25, -0.2) is 0 Å². The lowest BCUT2D eigenvalue weighted by atomic mass is 9.95. The molecule has 0 saturated heterocycles. The van der Waals surface area contributed by atoms with E-state index in [0.29, 0.717) is 24.1 Å². The molecule has 1 aromatic heterocycles. The molecule has 2 aromatic carbocycles. The first-order valence-electron chi connectivity index (χ1n) is 14.4. The number of amides is 1. The summed E-state index contributed by atoms with van der Waals surface area (Å²) in [4.78, 5) is 31.1. The van der Waals surface area contributed by atoms with Gasteiger partial charge in [-0.15, -0.1) is 13.2 Å². The molecule has 47 heavy (non-hydrogen) atoms. The molecule has 0 unspecified atom stereocenters. The van der Waals surface area contributed by atoms with E-state index < -0.39 is 46.4 Å². The number of carbonyl (C=O) groups excluding carboxylic acids is 1. The fourth-order valence-electron chi connectivity index (χ4n) is 4.93. The first-order valence-corrected chi connectivity index (χ1v) is 14.8. The smallest absolute Gasteiger partial charge is 0.451 e. The number of nitrogens with zero attached hydrogens (tertiary/aromatic N) is 2. The number of carbonyl (C=O) groups is 1. The van der Waals surface area contributed by atoms with E-state index in [1.165, 1.54) is 47.5 Å². The second-order valence-corrected chi connectivity index (χ2v) is 11.1. The normalized spacial score (nSPS) is 14.3. The number of H-pyrrole nitrogens is 1. The fourth-order valence-corrected chi connectivity index (χ4v) is 5.16. The number of pyridine rings is 1. The maximum Gasteiger partial charge on any atom is 0.573 e. The summed E-state index contributed by atoms with van der Waals surface area (Å²) in [6, 6.07) is 12.0.